The van der Waals surface area contributed by atoms with Gasteiger partial charge in [-0.15, -0.1) is 0 Å². The fourth-order valence-corrected chi connectivity index (χ4v) is 4.52. The first-order valence-corrected chi connectivity index (χ1v) is 12.3. The van der Waals surface area contributed by atoms with Crippen LogP contribution in [0.1, 0.15) is 82.8 Å². The van der Waals surface area contributed by atoms with Gasteiger partial charge in [0.15, 0.2) is 0 Å². The molecule has 2 aromatic carbocycles. The van der Waals surface area contributed by atoms with E-state index in [1.165, 1.54) is 16.7 Å². The van der Waals surface area contributed by atoms with Crippen LogP contribution in [-0.2, 0) is 10.2 Å². The zero-order valence-electron chi connectivity index (χ0n) is 21.3. The zero-order chi connectivity index (χ0) is 24.2. The zero-order valence-corrected chi connectivity index (χ0v) is 21.3. The van der Waals surface area contributed by atoms with Gasteiger partial charge in [0.25, 0.3) is 0 Å². The Morgan fingerprint density at radius 2 is 1.79 bits per heavy atom. The third kappa shape index (κ3) is 5.26. The molecular weight excluding hydrogens is 410 g/mol. The maximum absolute atomic E-state index is 12.1. The lowest BCUT2D eigenvalue weighted by Gasteiger charge is -2.36. The number of esters is 1. The summed E-state index contributed by atoms with van der Waals surface area (Å²) in [6.45, 7) is 17.1. The van der Waals surface area contributed by atoms with Crippen molar-refractivity contribution in [1.29, 1.82) is 0 Å². The van der Waals surface area contributed by atoms with Crippen molar-refractivity contribution < 1.29 is 14.3 Å². The summed E-state index contributed by atoms with van der Waals surface area (Å²) in [5.74, 6) is 1.08. The first-order chi connectivity index (χ1) is 15.7. The quantitative estimate of drug-likeness (QED) is 0.371. The maximum Gasteiger partial charge on any atom is 0.338 e. The van der Waals surface area contributed by atoms with E-state index in [-0.39, 0.29) is 11.4 Å². The summed E-state index contributed by atoms with van der Waals surface area (Å²) in [6, 6.07) is 12.2. The normalized spacial score (nSPS) is 14.5. The third-order valence-corrected chi connectivity index (χ3v) is 6.35. The summed E-state index contributed by atoms with van der Waals surface area (Å²) in [5.41, 5.74) is 6.81. The summed E-state index contributed by atoms with van der Waals surface area (Å²) in [4.78, 5) is 14.4. The van der Waals surface area contributed by atoms with Crippen LogP contribution in [0.3, 0.4) is 0 Å². The molecule has 0 heterocycles. The molecule has 0 bridgehead atoms. The van der Waals surface area contributed by atoms with Crippen LogP contribution in [0.15, 0.2) is 42.5 Å². The Balaban J connectivity index is 2.12. The van der Waals surface area contributed by atoms with Crippen LogP contribution in [0.4, 0.5) is 11.4 Å². The van der Waals surface area contributed by atoms with Crippen molar-refractivity contribution in [3.05, 3.63) is 59.2 Å². The van der Waals surface area contributed by atoms with E-state index < -0.39 is 0 Å². The predicted octanol–water partition coefficient (Wildman–Crippen LogP) is 7.53. The SMILES string of the molecule is CCCOc1cc2c(cc1N(CC)c1ccc(C(=O)OCC)cc1)C(C(C)C)=CCC2(C)C. The van der Waals surface area contributed by atoms with Crippen LogP contribution < -0.4 is 9.64 Å². The molecule has 0 aliphatic heterocycles. The van der Waals surface area contributed by atoms with Crippen molar-refractivity contribution in [3.63, 3.8) is 0 Å². The fourth-order valence-electron chi connectivity index (χ4n) is 4.52. The molecule has 0 saturated heterocycles. The number of benzene rings is 2. The van der Waals surface area contributed by atoms with Gasteiger partial charge in [0.1, 0.15) is 5.75 Å². The summed E-state index contributed by atoms with van der Waals surface area (Å²) >= 11 is 0. The molecule has 2 aromatic rings. The monoisotopic (exact) mass is 449 g/mol. The molecule has 0 fully saturated rings. The number of hydrogen-bond acceptors (Lipinski definition) is 4. The highest BCUT2D eigenvalue weighted by Crippen LogP contribution is 2.47. The highest BCUT2D eigenvalue weighted by molar-refractivity contribution is 5.90. The van der Waals surface area contributed by atoms with E-state index in [0.717, 1.165) is 36.5 Å². The Morgan fingerprint density at radius 1 is 1.09 bits per heavy atom. The lowest BCUT2D eigenvalue weighted by molar-refractivity contribution is 0.0526. The molecule has 0 radical (unpaired) electrons. The molecule has 178 valence electrons. The average Bonchev–Trinajstić information content (AvgIpc) is 2.78. The van der Waals surface area contributed by atoms with Crippen LogP contribution in [-0.4, -0.2) is 25.7 Å². The highest BCUT2D eigenvalue weighted by Gasteiger charge is 2.31. The van der Waals surface area contributed by atoms with Gasteiger partial charge in [0.2, 0.25) is 0 Å². The van der Waals surface area contributed by atoms with Crippen molar-refractivity contribution >= 4 is 22.9 Å². The Labute approximate surface area is 199 Å². The number of hydrogen-bond donors (Lipinski definition) is 0. The first-order valence-electron chi connectivity index (χ1n) is 12.3. The number of anilines is 2. The molecule has 33 heavy (non-hydrogen) atoms. The third-order valence-electron chi connectivity index (χ3n) is 6.35. The van der Waals surface area contributed by atoms with Gasteiger partial charge in [-0.1, -0.05) is 40.7 Å². The molecule has 0 unspecified atom stereocenters. The molecule has 0 spiro atoms. The molecule has 3 rings (SSSR count). The van der Waals surface area contributed by atoms with Gasteiger partial charge in [0, 0.05) is 12.2 Å². The summed E-state index contributed by atoms with van der Waals surface area (Å²) in [7, 11) is 0. The molecule has 0 atom stereocenters. The molecular formula is C29H39NO3. The topological polar surface area (TPSA) is 38.8 Å². The number of carbonyl (C=O) groups is 1. The first kappa shape index (κ1) is 24.9. The van der Waals surface area contributed by atoms with Gasteiger partial charge in [-0.05, 0) is 91.1 Å². The van der Waals surface area contributed by atoms with Gasteiger partial charge >= 0.3 is 5.97 Å². The highest BCUT2D eigenvalue weighted by atomic mass is 16.5. The van der Waals surface area contributed by atoms with E-state index in [0.29, 0.717) is 24.7 Å². The largest absolute Gasteiger partial charge is 0.491 e. The Bertz CT molecular complexity index is 1000. The summed E-state index contributed by atoms with van der Waals surface area (Å²) in [6.07, 6.45) is 4.40. The summed E-state index contributed by atoms with van der Waals surface area (Å²) < 4.78 is 11.4. The van der Waals surface area contributed by atoms with E-state index in [9.17, 15) is 4.79 Å². The second-order valence-electron chi connectivity index (χ2n) is 9.63. The van der Waals surface area contributed by atoms with Crippen molar-refractivity contribution in [2.75, 3.05) is 24.7 Å². The summed E-state index contributed by atoms with van der Waals surface area (Å²) in [5, 5.41) is 0. The molecule has 4 nitrogen and oxygen atoms in total. The number of fused-ring (bicyclic) bond motifs is 1. The van der Waals surface area contributed by atoms with E-state index in [4.69, 9.17) is 9.47 Å². The van der Waals surface area contributed by atoms with Crippen LogP contribution in [0.5, 0.6) is 5.75 Å². The van der Waals surface area contributed by atoms with E-state index in [2.05, 4.69) is 64.7 Å². The number of ether oxygens (including phenoxy) is 2. The van der Waals surface area contributed by atoms with E-state index in [1.54, 1.807) is 0 Å². The second kappa shape index (κ2) is 10.5. The maximum atomic E-state index is 12.1. The van der Waals surface area contributed by atoms with E-state index in [1.807, 2.05) is 31.2 Å². The Kier molecular flexibility index (Phi) is 7.88. The number of rotatable bonds is 9. The van der Waals surface area contributed by atoms with Crippen molar-refractivity contribution in [2.24, 2.45) is 5.92 Å². The fraction of sp³-hybridized carbons (Fsp3) is 0.483. The van der Waals surface area contributed by atoms with Gasteiger partial charge < -0.3 is 14.4 Å². The minimum Gasteiger partial charge on any atom is -0.491 e. The number of carbonyl (C=O) groups excluding carboxylic acids is 1. The molecule has 1 aliphatic rings. The standard InChI is InChI=1S/C29H39NO3/c1-8-17-33-27-19-25-24(23(20(4)5)15-16-29(25,6)7)18-26(27)30(9-2)22-13-11-21(12-14-22)28(31)32-10-3/h11-15,18-20H,8-10,16-17H2,1-7H3. The number of allylic oxidation sites excluding steroid dienone is 2. The second-order valence-corrected chi connectivity index (χ2v) is 9.63. The van der Waals surface area contributed by atoms with Crippen molar-refractivity contribution in [1.82, 2.24) is 0 Å². The van der Waals surface area contributed by atoms with Crippen LogP contribution in [0.2, 0.25) is 0 Å². The van der Waals surface area contributed by atoms with Gasteiger partial charge in [-0.2, -0.15) is 0 Å². The van der Waals surface area contributed by atoms with Crippen LogP contribution in [0, 0.1) is 5.92 Å². The molecule has 0 N–H and O–H groups in total. The van der Waals surface area contributed by atoms with Crippen LogP contribution >= 0.6 is 0 Å². The average molecular weight is 450 g/mol. The van der Waals surface area contributed by atoms with Gasteiger partial charge in [-0.3, -0.25) is 0 Å². The molecule has 4 heteroatoms. The minimum atomic E-state index is -0.290. The minimum absolute atomic E-state index is 0.0644. The molecule has 0 aromatic heterocycles. The predicted molar refractivity (Wildman–Crippen MR) is 138 cm³/mol. The lowest BCUT2D eigenvalue weighted by Crippen LogP contribution is -2.24. The lowest BCUT2D eigenvalue weighted by atomic mass is 9.71. The van der Waals surface area contributed by atoms with Crippen LogP contribution in [0.25, 0.3) is 5.57 Å². The smallest absolute Gasteiger partial charge is 0.338 e. The molecule has 0 saturated carbocycles. The van der Waals surface area contributed by atoms with Crippen molar-refractivity contribution in [2.45, 2.75) is 66.7 Å². The van der Waals surface area contributed by atoms with Gasteiger partial charge in [0.05, 0.1) is 24.5 Å². The Hall–Kier alpha value is -2.75. The number of nitrogens with zero attached hydrogens (tertiary/aromatic N) is 1. The van der Waals surface area contributed by atoms with E-state index >= 15 is 0 Å². The molecule has 1 aliphatic carbocycles. The Morgan fingerprint density at radius 3 is 2.36 bits per heavy atom. The van der Waals surface area contributed by atoms with Crippen molar-refractivity contribution in [3.8, 4) is 5.75 Å². The molecule has 0 amide bonds. The van der Waals surface area contributed by atoms with Gasteiger partial charge in [-0.25, -0.2) is 4.79 Å².